The van der Waals surface area contributed by atoms with Gasteiger partial charge in [0.2, 0.25) is 0 Å². The molecule has 0 aliphatic rings. The number of alkyl halides is 3. The highest BCUT2D eigenvalue weighted by atomic mass is 19.4. The Hall–Kier alpha value is -2.11. The van der Waals surface area contributed by atoms with Crippen LogP contribution in [0.15, 0.2) is 47.5 Å². The summed E-state index contributed by atoms with van der Waals surface area (Å²) in [4.78, 5) is 15.5. The van der Waals surface area contributed by atoms with Crippen molar-refractivity contribution in [1.82, 2.24) is 9.55 Å². The second-order valence-corrected chi connectivity index (χ2v) is 3.28. The molecule has 2 aromatic rings. The zero-order chi connectivity index (χ0) is 12.5. The van der Waals surface area contributed by atoms with Gasteiger partial charge in [-0.25, -0.2) is 4.57 Å². The lowest BCUT2D eigenvalue weighted by atomic mass is 10.2. The maximum absolute atomic E-state index is 12.5. The van der Waals surface area contributed by atoms with Gasteiger partial charge in [0.15, 0.2) is 0 Å². The van der Waals surface area contributed by atoms with E-state index in [9.17, 15) is 18.0 Å². The molecule has 17 heavy (non-hydrogen) atoms. The molecule has 3 nitrogen and oxygen atoms in total. The third-order valence-corrected chi connectivity index (χ3v) is 2.16. The van der Waals surface area contributed by atoms with E-state index in [-0.39, 0.29) is 15.8 Å². The minimum atomic E-state index is -4.72. The molecule has 0 N–H and O–H groups in total. The standard InChI is InChI=1S/C11H7F3N2O/c12-11(13,14)16-7-3-4-8(10(16)17)9-5-1-2-6-15-9/h1-7H. The molecule has 0 unspecified atom stereocenters. The van der Waals surface area contributed by atoms with Crippen molar-refractivity contribution in [3.05, 3.63) is 53.1 Å². The summed E-state index contributed by atoms with van der Waals surface area (Å²) in [5.74, 6) is 0. The van der Waals surface area contributed by atoms with E-state index in [1.54, 1.807) is 12.1 Å². The second kappa shape index (κ2) is 4.04. The van der Waals surface area contributed by atoms with Crippen LogP contribution in [-0.2, 0) is 6.30 Å². The van der Waals surface area contributed by atoms with E-state index in [2.05, 4.69) is 4.98 Å². The first kappa shape index (κ1) is 11.4. The molecule has 0 aliphatic carbocycles. The lowest BCUT2D eigenvalue weighted by molar-refractivity contribution is -0.206. The number of nitrogens with zero attached hydrogens (tertiary/aromatic N) is 2. The predicted molar refractivity (Wildman–Crippen MR) is 55.2 cm³/mol. The van der Waals surface area contributed by atoms with Crippen molar-refractivity contribution in [2.45, 2.75) is 6.30 Å². The van der Waals surface area contributed by atoms with Crippen molar-refractivity contribution < 1.29 is 13.2 Å². The molecule has 2 rings (SSSR count). The molecule has 0 atom stereocenters. The van der Waals surface area contributed by atoms with Crippen molar-refractivity contribution in [3.8, 4) is 11.3 Å². The van der Waals surface area contributed by atoms with Crippen LogP contribution in [0.2, 0.25) is 0 Å². The van der Waals surface area contributed by atoms with Crippen LogP contribution in [0.25, 0.3) is 11.3 Å². The average molecular weight is 240 g/mol. The SMILES string of the molecule is O=c1c(-c2ccccn2)cccn1C(F)(F)F. The van der Waals surface area contributed by atoms with Gasteiger partial charge in [-0.05, 0) is 24.3 Å². The Labute approximate surface area is 94.2 Å². The maximum Gasteiger partial charge on any atom is 0.491 e. The van der Waals surface area contributed by atoms with Crippen LogP contribution in [0.1, 0.15) is 0 Å². The minimum absolute atomic E-state index is 0.0783. The van der Waals surface area contributed by atoms with E-state index < -0.39 is 11.9 Å². The molecular weight excluding hydrogens is 233 g/mol. The maximum atomic E-state index is 12.5. The molecule has 0 aliphatic heterocycles. The Bertz CT molecular complexity index is 575. The number of hydrogen-bond donors (Lipinski definition) is 0. The lowest BCUT2D eigenvalue weighted by Crippen LogP contribution is -2.31. The molecule has 2 heterocycles. The second-order valence-electron chi connectivity index (χ2n) is 3.28. The van der Waals surface area contributed by atoms with Gasteiger partial charge in [-0.15, -0.1) is 13.2 Å². The highest BCUT2D eigenvalue weighted by Crippen LogP contribution is 2.21. The molecule has 6 heteroatoms. The quantitative estimate of drug-likeness (QED) is 0.767. The molecule has 0 aromatic carbocycles. The van der Waals surface area contributed by atoms with Gasteiger partial charge in [0.25, 0.3) is 5.56 Å². The van der Waals surface area contributed by atoms with Gasteiger partial charge in [0, 0.05) is 12.4 Å². The van der Waals surface area contributed by atoms with Crippen molar-refractivity contribution >= 4 is 0 Å². The lowest BCUT2D eigenvalue weighted by Gasteiger charge is -2.10. The zero-order valence-electron chi connectivity index (χ0n) is 8.48. The first-order valence-electron chi connectivity index (χ1n) is 4.70. The fourth-order valence-electron chi connectivity index (χ4n) is 1.41. The van der Waals surface area contributed by atoms with Crippen LogP contribution in [0, 0.1) is 0 Å². The topological polar surface area (TPSA) is 34.9 Å². The molecule has 2 aromatic heterocycles. The summed E-state index contributed by atoms with van der Waals surface area (Å²) in [5, 5.41) is 0. The van der Waals surface area contributed by atoms with Gasteiger partial charge < -0.3 is 0 Å². The Morgan fingerprint density at radius 3 is 2.47 bits per heavy atom. The summed E-state index contributed by atoms with van der Waals surface area (Å²) >= 11 is 0. The molecule has 0 bridgehead atoms. The van der Waals surface area contributed by atoms with Crippen molar-refractivity contribution in [1.29, 1.82) is 0 Å². The number of hydrogen-bond acceptors (Lipinski definition) is 2. The fraction of sp³-hybridized carbons (Fsp3) is 0.0909. The normalized spacial score (nSPS) is 11.5. The summed E-state index contributed by atoms with van der Waals surface area (Å²) in [7, 11) is 0. The molecular formula is C11H7F3N2O. The van der Waals surface area contributed by atoms with Gasteiger partial charge in [-0.3, -0.25) is 9.78 Å². The van der Waals surface area contributed by atoms with Gasteiger partial charge >= 0.3 is 6.30 Å². The van der Waals surface area contributed by atoms with Crippen LogP contribution in [-0.4, -0.2) is 9.55 Å². The summed E-state index contributed by atoms with van der Waals surface area (Å²) in [5.41, 5.74) is -0.986. The summed E-state index contributed by atoms with van der Waals surface area (Å²) in [6.45, 7) is 0. The summed E-state index contributed by atoms with van der Waals surface area (Å²) in [6, 6.07) is 7.19. The number of aromatic nitrogens is 2. The fourth-order valence-corrected chi connectivity index (χ4v) is 1.41. The molecule has 0 saturated heterocycles. The van der Waals surface area contributed by atoms with E-state index in [0.29, 0.717) is 6.20 Å². The van der Waals surface area contributed by atoms with Gasteiger partial charge in [-0.1, -0.05) is 6.07 Å². The summed E-state index contributed by atoms with van der Waals surface area (Å²) in [6.07, 6.45) is -2.61. The Morgan fingerprint density at radius 2 is 1.88 bits per heavy atom. The largest absolute Gasteiger partial charge is 0.491 e. The van der Waals surface area contributed by atoms with E-state index in [1.165, 1.54) is 24.4 Å². The smallest absolute Gasteiger partial charge is 0.268 e. The molecule has 0 amide bonds. The molecule has 0 saturated carbocycles. The van der Waals surface area contributed by atoms with Crippen molar-refractivity contribution in [3.63, 3.8) is 0 Å². The number of rotatable bonds is 1. The van der Waals surface area contributed by atoms with Crippen LogP contribution in [0.4, 0.5) is 13.2 Å². The monoisotopic (exact) mass is 240 g/mol. The first-order valence-corrected chi connectivity index (χ1v) is 4.70. The van der Waals surface area contributed by atoms with Crippen LogP contribution < -0.4 is 5.56 Å². The van der Waals surface area contributed by atoms with Gasteiger partial charge in [-0.2, -0.15) is 0 Å². The van der Waals surface area contributed by atoms with Crippen LogP contribution in [0.3, 0.4) is 0 Å². The molecule has 0 fully saturated rings. The minimum Gasteiger partial charge on any atom is -0.268 e. The van der Waals surface area contributed by atoms with E-state index >= 15 is 0 Å². The Kier molecular flexibility index (Phi) is 2.71. The van der Waals surface area contributed by atoms with E-state index in [0.717, 1.165) is 0 Å². The van der Waals surface area contributed by atoms with Gasteiger partial charge in [0.1, 0.15) is 0 Å². The summed E-state index contributed by atoms with van der Waals surface area (Å²) < 4.78 is 37.2. The van der Waals surface area contributed by atoms with Crippen LogP contribution in [0.5, 0.6) is 0 Å². The average Bonchev–Trinajstić information content (AvgIpc) is 2.29. The van der Waals surface area contributed by atoms with Crippen molar-refractivity contribution in [2.24, 2.45) is 0 Å². The highest BCUT2D eigenvalue weighted by Gasteiger charge is 2.32. The van der Waals surface area contributed by atoms with E-state index in [1.807, 2.05) is 0 Å². The third kappa shape index (κ3) is 2.20. The zero-order valence-corrected chi connectivity index (χ0v) is 8.48. The molecule has 0 spiro atoms. The third-order valence-electron chi connectivity index (χ3n) is 2.16. The predicted octanol–water partition coefficient (Wildman–Crippen LogP) is 2.39. The number of pyridine rings is 2. The highest BCUT2D eigenvalue weighted by molar-refractivity contribution is 5.57. The van der Waals surface area contributed by atoms with Gasteiger partial charge in [0.05, 0.1) is 11.3 Å². The first-order chi connectivity index (χ1) is 8.00. The van der Waals surface area contributed by atoms with Crippen LogP contribution >= 0.6 is 0 Å². The van der Waals surface area contributed by atoms with E-state index in [4.69, 9.17) is 0 Å². The van der Waals surface area contributed by atoms with Crippen molar-refractivity contribution in [2.75, 3.05) is 0 Å². The number of halogens is 3. The Balaban J connectivity index is 2.63. The molecule has 88 valence electrons. The molecule has 0 radical (unpaired) electrons. The Morgan fingerprint density at radius 1 is 1.12 bits per heavy atom.